The van der Waals surface area contributed by atoms with Gasteiger partial charge in [0.1, 0.15) is 5.76 Å². The molecule has 0 radical (unpaired) electrons. The van der Waals surface area contributed by atoms with Crippen molar-refractivity contribution in [1.29, 1.82) is 0 Å². The zero-order valence-electron chi connectivity index (χ0n) is 10.2. The Morgan fingerprint density at radius 2 is 1.95 bits per heavy atom. The highest BCUT2D eigenvalue weighted by molar-refractivity contribution is 7.90. The third-order valence-corrected chi connectivity index (χ3v) is 5.38. The Morgan fingerprint density at radius 1 is 1.26 bits per heavy atom. The van der Waals surface area contributed by atoms with Crippen molar-refractivity contribution in [2.24, 2.45) is 5.14 Å². The van der Waals surface area contributed by atoms with Crippen LogP contribution >= 0.6 is 0 Å². The number of nitrogens with zero attached hydrogens (tertiary/aromatic N) is 1. The average Bonchev–Trinajstić information content (AvgIpc) is 3.02. The highest BCUT2D eigenvalue weighted by atomic mass is 32.2. The van der Waals surface area contributed by atoms with Crippen LogP contribution in [0.1, 0.15) is 18.6 Å². The molecule has 3 rings (SSSR count). The SMILES string of the molecule is NS(=O)(=O)C1(Cc2oncc2-c2ccccc2)CC1. The number of sulfonamides is 1. The van der Waals surface area contributed by atoms with Crippen molar-refractivity contribution < 1.29 is 12.9 Å². The molecular weight excluding hydrogens is 264 g/mol. The fourth-order valence-corrected chi connectivity index (χ4v) is 3.24. The summed E-state index contributed by atoms with van der Waals surface area (Å²) in [4.78, 5) is 0. The van der Waals surface area contributed by atoms with Gasteiger partial charge in [0.2, 0.25) is 10.0 Å². The third-order valence-electron chi connectivity index (χ3n) is 3.62. The Hall–Kier alpha value is -1.66. The van der Waals surface area contributed by atoms with Crippen LogP contribution in [0, 0.1) is 0 Å². The van der Waals surface area contributed by atoms with E-state index in [1.807, 2.05) is 30.3 Å². The summed E-state index contributed by atoms with van der Waals surface area (Å²) in [5.41, 5.74) is 1.79. The zero-order chi connectivity index (χ0) is 13.5. The van der Waals surface area contributed by atoms with Crippen molar-refractivity contribution >= 4 is 10.0 Å². The van der Waals surface area contributed by atoms with Gasteiger partial charge in [0.25, 0.3) is 0 Å². The van der Waals surface area contributed by atoms with E-state index in [1.54, 1.807) is 6.20 Å². The van der Waals surface area contributed by atoms with Crippen LogP contribution in [0.4, 0.5) is 0 Å². The summed E-state index contributed by atoms with van der Waals surface area (Å²) < 4.78 is 27.6. The monoisotopic (exact) mass is 278 g/mol. The molecule has 0 unspecified atom stereocenters. The van der Waals surface area contributed by atoms with Crippen molar-refractivity contribution in [3.8, 4) is 11.1 Å². The Bertz CT molecular complexity index is 688. The fraction of sp³-hybridized carbons (Fsp3) is 0.308. The first kappa shape index (κ1) is 12.4. The molecule has 5 nitrogen and oxygen atoms in total. The molecular formula is C13H14N2O3S. The van der Waals surface area contributed by atoms with Gasteiger partial charge in [-0.2, -0.15) is 0 Å². The molecule has 0 aliphatic heterocycles. The minimum Gasteiger partial charge on any atom is -0.361 e. The van der Waals surface area contributed by atoms with Gasteiger partial charge in [-0.05, 0) is 18.4 Å². The number of hydrogen-bond acceptors (Lipinski definition) is 4. The van der Waals surface area contributed by atoms with Crippen molar-refractivity contribution in [1.82, 2.24) is 5.16 Å². The predicted octanol–water partition coefficient (Wildman–Crippen LogP) is 1.71. The second-order valence-corrected chi connectivity index (χ2v) is 6.89. The van der Waals surface area contributed by atoms with Crippen molar-refractivity contribution in [2.75, 3.05) is 0 Å². The molecule has 1 saturated carbocycles. The second-order valence-electron chi connectivity index (χ2n) is 4.93. The number of hydrogen-bond donors (Lipinski definition) is 1. The second kappa shape index (κ2) is 4.18. The maximum Gasteiger partial charge on any atom is 0.215 e. The van der Waals surface area contributed by atoms with Gasteiger partial charge >= 0.3 is 0 Å². The maximum absolute atomic E-state index is 11.6. The van der Waals surface area contributed by atoms with E-state index in [2.05, 4.69) is 5.16 Å². The van der Waals surface area contributed by atoms with E-state index in [0.717, 1.165) is 11.1 Å². The highest BCUT2D eigenvalue weighted by Gasteiger charge is 2.53. The molecule has 1 aromatic carbocycles. The summed E-state index contributed by atoms with van der Waals surface area (Å²) in [5.74, 6) is 0.581. The first-order valence-corrected chi connectivity index (χ1v) is 7.58. The van der Waals surface area contributed by atoms with E-state index in [-0.39, 0.29) is 6.42 Å². The Morgan fingerprint density at radius 3 is 2.53 bits per heavy atom. The molecule has 1 aromatic heterocycles. The summed E-state index contributed by atoms with van der Waals surface area (Å²) in [7, 11) is -3.55. The van der Waals surface area contributed by atoms with E-state index in [0.29, 0.717) is 18.6 Å². The summed E-state index contributed by atoms with van der Waals surface area (Å²) >= 11 is 0. The molecule has 0 spiro atoms. The average molecular weight is 278 g/mol. The number of primary sulfonamides is 1. The highest BCUT2D eigenvalue weighted by Crippen LogP contribution is 2.46. The van der Waals surface area contributed by atoms with Gasteiger partial charge in [0.05, 0.1) is 10.9 Å². The van der Waals surface area contributed by atoms with Crippen LogP contribution in [0.5, 0.6) is 0 Å². The van der Waals surface area contributed by atoms with Crippen LogP contribution in [0.15, 0.2) is 41.1 Å². The Kier molecular flexibility index (Phi) is 2.72. The van der Waals surface area contributed by atoms with Crippen LogP contribution in [-0.2, 0) is 16.4 Å². The summed E-state index contributed by atoms with van der Waals surface area (Å²) in [6.07, 6.45) is 3.07. The van der Waals surface area contributed by atoms with Crippen LogP contribution in [0.3, 0.4) is 0 Å². The summed E-state index contributed by atoms with van der Waals surface area (Å²) in [5, 5.41) is 9.07. The van der Waals surface area contributed by atoms with E-state index in [1.165, 1.54) is 0 Å². The van der Waals surface area contributed by atoms with Crippen LogP contribution < -0.4 is 5.14 Å². The van der Waals surface area contributed by atoms with Gasteiger partial charge in [-0.15, -0.1) is 0 Å². The van der Waals surface area contributed by atoms with Crippen LogP contribution in [0.25, 0.3) is 11.1 Å². The lowest BCUT2D eigenvalue weighted by atomic mass is 10.0. The van der Waals surface area contributed by atoms with Gasteiger partial charge in [0.15, 0.2) is 0 Å². The van der Waals surface area contributed by atoms with Gasteiger partial charge in [-0.3, -0.25) is 0 Å². The number of nitrogens with two attached hydrogens (primary N) is 1. The smallest absolute Gasteiger partial charge is 0.215 e. The predicted molar refractivity (Wildman–Crippen MR) is 70.7 cm³/mol. The van der Waals surface area contributed by atoms with E-state index >= 15 is 0 Å². The molecule has 100 valence electrons. The van der Waals surface area contributed by atoms with E-state index < -0.39 is 14.8 Å². The number of benzene rings is 1. The first-order valence-electron chi connectivity index (χ1n) is 6.03. The largest absolute Gasteiger partial charge is 0.361 e. The van der Waals surface area contributed by atoms with Gasteiger partial charge < -0.3 is 4.52 Å². The van der Waals surface area contributed by atoms with Crippen molar-refractivity contribution in [3.05, 3.63) is 42.3 Å². The number of aromatic nitrogens is 1. The van der Waals surface area contributed by atoms with Gasteiger partial charge in [0, 0.05) is 12.0 Å². The molecule has 1 fully saturated rings. The van der Waals surface area contributed by atoms with Crippen LogP contribution in [-0.4, -0.2) is 18.3 Å². The summed E-state index contributed by atoms with van der Waals surface area (Å²) in [6, 6.07) is 9.62. The molecule has 0 bridgehead atoms. The molecule has 0 saturated heterocycles. The van der Waals surface area contributed by atoms with Gasteiger partial charge in [-0.25, -0.2) is 13.6 Å². The minimum atomic E-state index is -3.55. The summed E-state index contributed by atoms with van der Waals surface area (Å²) in [6.45, 7) is 0. The molecule has 1 heterocycles. The fourth-order valence-electron chi connectivity index (χ4n) is 2.24. The lowest BCUT2D eigenvalue weighted by Gasteiger charge is -2.11. The van der Waals surface area contributed by atoms with Crippen molar-refractivity contribution in [3.63, 3.8) is 0 Å². The van der Waals surface area contributed by atoms with Crippen molar-refractivity contribution in [2.45, 2.75) is 24.0 Å². The third kappa shape index (κ3) is 2.17. The Labute approximate surface area is 111 Å². The molecule has 0 atom stereocenters. The molecule has 2 aromatic rings. The lowest BCUT2D eigenvalue weighted by molar-refractivity contribution is 0.379. The quantitative estimate of drug-likeness (QED) is 0.922. The molecule has 6 heteroatoms. The standard InChI is InChI=1S/C13H14N2O3S/c14-19(16,17)13(6-7-13)8-12-11(9-15-18-12)10-4-2-1-3-5-10/h1-5,9H,6-8H2,(H2,14,16,17). The lowest BCUT2D eigenvalue weighted by Crippen LogP contribution is -2.32. The molecule has 2 N–H and O–H groups in total. The van der Waals surface area contributed by atoms with Gasteiger partial charge in [-0.1, -0.05) is 35.5 Å². The number of rotatable bonds is 4. The Balaban J connectivity index is 1.95. The minimum absolute atomic E-state index is 0.288. The molecule has 0 amide bonds. The normalized spacial score (nSPS) is 17.3. The zero-order valence-corrected chi connectivity index (χ0v) is 11.1. The van der Waals surface area contributed by atoms with E-state index in [4.69, 9.17) is 9.66 Å². The topological polar surface area (TPSA) is 86.2 Å². The first-order chi connectivity index (χ1) is 9.02. The van der Waals surface area contributed by atoms with Crippen LogP contribution in [0.2, 0.25) is 0 Å². The van der Waals surface area contributed by atoms with E-state index in [9.17, 15) is 8.42 Å². The maximum atomic E-state index is 11.6. The molecule has 1 aliphatic carbocycles. The molecule has 1 aliphatic rings. The molecule has 19 heavy (non-hydrogen) atoms.